The molecule has 0 unspecified atom stereocenters. The van der Waals surface area contributed by atoms with Crippen LogP contribution in [0.4, 0.5) is 17.6 Å². The van der Waals surface area contributed by atoms with Gasteiger partial charge in [-0.3, -0.25) is 0 Å². The van der Waals surface area contributed by atoms with E-state index in [1.807, 2.05) is 0 Å². The van der Waals surface area contributed by atoms with E-state index in [4.69, 9.17) is 8.37 Å². The first-order chi connectivity index (χ1) is 19.9. The number of esters is 1. The lowest BCUT2D eigenvalue weighted by Crippen LogP contribution is -2.58. The molecule has 42 heavy (non-hydrogen) atoms. The van der Waals surface area contributed by atoms with E-state index in [2.05, 4.69) is 0 Å². The third kappa shape index (κ3) is 4.73. The van der Waals surface area contributed by atoms with Gasteiger partial charge in [0.1, 0.15) is 5.60 Å². The highest BCUT2D eigenvalue weighted by Gasteiger charge is 2.74. The standard InChI is InChI=1S/C31H30F4O5S2/c32-30(33,28(36)39-29-19-22-16-23(20-29)18-24(17-22)21-29)31(34,35)42(37,38)40-41(25-10-4-1-5-11-25,26-12-6-2-7-13-26)27-14-8-3-9-15-27/h1-15,22-24H,16-21H2. The average molecular weight is 623 g/mol. The Morgan fingerprint density at radius 3 is 1.38 bits per heavy atom. The molecule has 0 aliphatic heterocycles. The van der Waals surface area contributed by atoms with E-state index >= 15 is 17.6 Å². The Labute approximate surface area is 243 Å². The molecule has 0 heterocycles. The molecule has 0 atom stereocenters. The number of halogens is 4. The number of hydrogen-bond donors (Lipinski definition) is 0. The zero-order valence-electron chi connectivity index (χ0n) is 22.5. The van der Waals surface area contributed by atoms with Crippen LogP contribution < -0.4 is 0 Å². The molecular weight excluding hydrogens is 592 g/mol. The smallest absolute Gasteiger partial charge is 0.444 e. The Morgan fingerprint density at radius 2 is 1.02 bits per heavy atom. The second-order valence-electron chi connectivity index (χ2n) is 11.6. The number of benzene rings is 3. The summed E-state index contributed by atoms with van der Waals surface area (Å²) in [5.41, 5.74) is -1.27. The highest BCUT2D eigenvalue weighted by molar-refractivity contribution is 8.33. The van der Waals surface area contributed by atoms with Crippen molar-refractivity contribution in [1.82, 2.24) is 0 Å². The Morgan fingerprint density at radius 1 is 0.667 bits per heavy atom. The summed E-state index contributed by atoms with van der Waals surface area (Å²) >= 11 is 0. The van der Waals surface area contributed by atoms with Crippen LogP contribution in [0.15, 0.2) is 106 Å². The van der Waals surface area contributed by atoms with Crippen molar-refractivity contribution in [3.63, 3.8) is 0 Å². The van der Waals surface area contributed by atoms with Crippen LogP contribution in [0.1, 0.15) is 38.5 Å². The summed E-state index contributed by atoms with van der Waals surface area (Å²) in [5, 5.41) is -5.93. The topological polar surface area (TPSA) is 69.7 Å². The molecule has 0 radical (unpaired) electrons. The highest BCUT2D eigenvalue weighted by Crippen LogP contribution is 2.71. The van der Waals surface area contributed by atoms with Crippen molar-refractivity contribution >= 4 is 26.4 Å². The lowest BCUT2D eigenvalue weighted by atomic mass is 9.54. The maximum Gasteiger partial charge on any atom is 0.444 e. The van der Waals surface area contributed by atoms with Gasteiger partial charge in [-0.25, -0.2) is 8.42 Å². The second kappa shape index (κ2) is 10.4. The lowest BCUT2D eigenvalue weighted by Gasteiger charge is -2.55. The first kappa shape index (κ1) is 29.2. The van der Waals surface area contributed by atoms with Gasteiger partial charge < -0.3 is 4.74 Å². The van der Waals surface area contributed by atoms with E-state index in [1.54, 1.807) is 54.6 Å². The van der Waals surface area contributed by atoms with Gasteiger partial charge in [-0.1, -0.05) is 54.6 Å². The quantitative estimate of drug-likeness (QED) is 0.179. The van der Waals surface area contributed by atoms with Gasteiger partial charge in [0.15, 0.2) is 0 Å². The van der Waals surface area contributed by atoms with Gasteiger partial charge in [0.2, 0.25) is 0 Å². The minimum atomic E-state index is -6.48. The van der Waals surface area contributed by atoms with Crippen LogP contribution in [0.3, 0.4) is 0 Å². The number of rotatable bonds is 9. The first-order valence-electron chi connectivity index (χ1n) is 13.8. The zero-order chi connectivity index (χ0) is 29.8. The number of hydrogen-bond acceptors (Lipinski definition) is 5. The SMILES string of the molecule is O=C(OC12CC3CC(CC(C3)C1)C2)C(F)(F)C(F)(F)S(=O)(=O)OS(c1ccccc1)(c1ccccc1)c1ccccc1. The van der Waals surface area contributed by atoms with Crippen LogP contribution in [0.25, 0.3) is 0 Å². The Balaban J connectivity index is 1.39. The molecule has 0 N–H and O–H groups in total. The van der Waals surface area contributed by atoms with Crippen molar-refractivity contribution < 1.29 is 39.1 Å². The predicted molar refractivity (Wildman–Crippen MR) is 149 cm³/mol. The van der Waals surface area contributed by atoms with E-state index in [0.717, 1.165) is 19.3 Å². The second-order valence-corrected chi connectivity index (χ2v) is 16.1. The summed E-state index contributed by atoms with van der Waals surface area (Å²) in [6.07, 6.45) is 3.65. The minimum absolute atomic E-state index is 0.178. The van der Waals surface area contributed by atoms with Gasteiger partial charge in [-0.05, 0) is 103 Å². The van der Waals surface area contributed by atoms with Crippen molar-refractivity contribution in [2.75, 3.05) is 0 Å². The number of alkyl halides is 4. The van der Waals surface area contributed by atoms with E-state index in [9.17, 15) is 13.2 Å². The molecule has 4 aliphatic carbocycles. The zero-order valence-corrected chi connectivity index (χ0v) is 24.1. The molecular formula is C31H30F4O5S2. The average Bonchev–Trinajstić information content (AvgIpc) is 2.96. The Kier molecular flexibility index (Phi) is 7.21. The van der Waals surface area contributed by atoms with Gasteiger partial charge in [-0.2, -0.15) is 26.0 Å². The fourth-order valence-electron chi connectivity index (χ4n) is 7.23. The molecule has 0 amide bonds. The van der Waals surface area contributed by atoms with Crippen LogP contribution in [0.5, 0.6) is 0 Å². The number of ether oxygens (including phenoxy) is 1. The van der Waals surface area contributed by atoms with Crippen molar-refractivity contribution in [2.45, 2.75) is 70.0 Å². The molecule has 3 aromatic rings. The summed E-state index contributed by atoms with van der Waals surface area (Å²) in [5.74, 6) is -7.71. The van der Waals surface area contributed by atoms with E-state index < -0.39 is 43.2 Å². The molecule has 224 valence electrons. The third-order valence-corrected chi connectivity index (χ3v) is 13.9. The molecule has 0 aromatic heterocycles. The predicted octanol–water partition coefficient (Wildman–Crippen LogP) is 7.97. The monoisotopic (exact) mass is 622 g/mol. The summed E-state index contributed by atoms with van der Waals surface area (Å²) in [7, 11) is -10.0. The molecule has 4 saturated carbocycles. The van der Waals surface area contributed by atoms with Crippen LogP contribution in [-0.2, 0) is 23.3 Å². The maximum absolute atomic E-state index is 15.7. The summed E-state index contributed by atoms with van der Waals surface area (Å²) in [4.78, 5) is 13.4. The van der Waals surface area contributed by atoms with E-state index in [0.29, 0.717) is 19.3 Å². The fraction of sp³-hybridized carbons (Fsp3) is 0.387. The molecule has 3 aromatic carbocycles. The Hall–Kier alpha value is -2.89. The molecule has 5 nitrogen and oxygen atoms in total. The molecule has 7 rings (SSSR count). The molecule has 11 heteroatoms. The first-order valence-corrected chi connectivity index (χ1v) is 16.8. The van der Waals surface area contributed by atoms with Gasteiger partial charge in [-0.15, -0.1) is 0 Å². The van der Waals surface area contributed by atoms with Crippen LogP contribution in [0, 0.1) is 17.8 Å². The van der Waals surface area contributed by atoms with Crippen molar-refractivity contribution in [1.29, 1.82) is 0 Å². The fourth-order valence-corrected chi connectivity index (χ4v) is 12.4. The van der Waals surface area contributed by atoms with E-state index in [1.165, 1.54) is 36.4 Å². The van der Waals surface area contributed by atoms with Crippen molar-refractivity contribution in [2.24, 2.45) is 17.8 Å². The minimum Gasteiger partial charge on any atom is -0.454 e. The Bertz CT molecular complexity index is 1420. The van der Waals surface area contributed by atoms with Gasteiger partial charge in [0, 0.05) is 14.7 Å². The maximum atomic E-state index is 15.7. The van der Waals surface area contributed by atoms with Crippen molar-refractivity contribution in [3.8, 4) is 0 Å². The van der Waals surface area contributed by atoms with Crippen LogP contribution >= 0.6 is 10.3 Å². The third-order valence-electron chi connectivity index (χ3n) is 8.64. The summed E-state index contributed by atoms with van der Waals surface area (Å²) in [6, 6.07) is 23.2. The molecule has 0 saturated heterocycles. The van der Waals surface area contributed by atoms with E-state index in [-0.39, 0.29) is 32.4 Å². The molecule has 0 spiro atoms. The normalized spacial score (nSPS) is 26.1. The molecule has 4 bridgehead atoms. The molecule has 4 aliphatic rings. The summed E-state index contributed by atoms with van der Waals surface area (Å²) in [6.45, 7) is 0. The molecule has 4 fully saturated rings. The highest BCUT2D eigenvalue weighted by atomic mass is 32.3. The van der Waals surface area contributed by atoms with Crippen LogP contribution in [-0.4, -0.2) is 31.2 Å². The number of carbonyl (C=O) groups excluding carboxylic acids is 1. The van der Waals surface area contributed by atoms with Crippen molar-refractivity contribution in [3.05, 3.63) is 91.0 Å². The summed E-state index contributed by atoms with van der Waals surface area (Å²) < 4.78 is 99.9. The van der Waals surface area contributed by atoms with Gasteiger partial charge >= 0.3 is 27.3 Å². The van der Waals surface area contributed by atoms with Gasteiger partial charge in [0.25, 0.3) is 0 Å². The van der Waals surface area contributed by atoms with Gasteiger partial charge in [0.05, 0.1) is 0 Å². The number of carbonyl (C=O) groups is 1. The largest absolute Gasteiger partial charge is 0.454 e. The lowest BCUT2D eigenvalue weighted by molar-refractivity contribution is -0.232. The van der Waals surface area contributed by atoms with Crippen LogP contribution in [0.2, 0.25) is 0 Å².